The van der Waals surface area contributed by atoms with Crippen molar-refractivity contribution >= 4 is 38.6 Å². The summed E-state index contributed by atoms with van der Waals surface area (Å²) < 4.78 is 3.40. The summed E-state index contributed by atoms with van der Waals surface area (Å²) in [4.78, 5) is 4.66. The molecule has 2 aromatic rings. The van der Waals surface area contributed by atoms with Crippen LogP contribution in [0.2, 0.25) is 0 Å². The van der Waals surface area contributed by atoms with Crippen LogP contribution in [-0.2, 0) is 12.4 Å². The van der Waals surface area contributed by atoms with E-state index in [9.17, 15) is 0 Å². The van der Waals surface area contributed by atoms with Gasteiger partial charge >= 0.3 is 0 Å². The number of aromatic nitrogens is 2. The van der Waals surface area contributed by atoms with Crippen molar-refractivity contribution in [3.05, 3.63) is 28.5 Å². The first-order chi connectivity index (χ1) is 9.28. The Morgan fingerprint density at radius 1 is 1.26 bits per heavy atom. The van der Waals surface area contributed by atoms with Gasteiger partial charge in [0.25, 0.3) is 0 Å². The maximum atomic E-state index is 6.07. The summed E-state index contributed by atoms with van der Waals surface area (Å²) in [6.07, 6.45) is 6.84. The van der Waals surface area contributed by atoms with Gasteiger partial charge in [-0.15, -0.1) is 11.6 Å². The van der Waals surface area contributed by atoms with E-state index in [4.69, 9.17) is 11.6 Å². The molecule has 0 spiro atoms. The van der Waals surface area contributed by atoms with Crippen molar-refractivity contribution in [1.29, 1.82) is 0 Å². The van der Waals surface area contributed by atoms with Crippen LogP contribution in [-0.4, -0.2) is 9.55 Å². The van der Waals surface area contributed by atoms with Crippen molar-refractivity contribution in [3.8, 4) is 0 Å². The van der Waals surface area contributed by atoms with Crippen LogP contribution in [0, 0.1) is 5.92 Å². The number of imidazole rings is 1. The van der Waals surface area contributed by atoms with Crippen LogP contribution in [0.25, 0.3) is 11.0 Å². The van der Waals surface area contributed by atoms with E-state index in [1.165, 1.54) is 37.6 Å². The van der Waals surface area contributed by atoms with E-state index in [1.54, 1.807) is 0 Å². The molecule has 0 saturated heterocycles. The van der Waals surface area contributed by atoms with Gasteiger partial charge in [0.05, 0.1) is 16.9 Å². The third-order valence-electron chi connectivity index (χ3n) is 4.07. The van der Waals surface area contributed by atoms with E-state index < -0.39 is 0 Å². The van der Waals surface area contributed by atoms with Gasteiger partial charge in [0.2, 0.25) is 0 Å². The number of hydrogen-bond donors (Lipinski definition) is 0. The smallest absolute Gasteiger partial charge is 0.124 e. The molecule has 102 valence electrons. The Morgan fingerprint density at radius 2 is 2.05 bits per heavy atom. The highest BCUT2D eigenvalue weighted by Gasteiger charge is 2.17. The largest absolute Gasteiger partial charge is 0.327 e. The molecule has 1 saturated carbocycles. The molecular formula is C15H18BrClN2. The lowest BCUT2D eigenvalue weighted by Crippen LogP contribution is -2.15. The Morgan fingerprint density at radius 3 is 2.79 bits per heavy atom. The second kappa shape index (κ2) is 5.84. The molecule has 3 rings (SSSR count). The molecule has 0 N–H and O–H groups in total. The van der Waals surface area contributed by atoms with Crippen LogP contribution in [0.3, 0.4) is 0 Å². The summed E-state index contributed by atoms with van der Waals surface area (Å²) in [6.45, 7) is 1.07. The van der Waals surface area contributed by atoms with Crippen LogP contribution in [0.15, 0.2) is 22.7 Å². The molecule has 0 atom stereocenters. The zero-order valence-electron chi connectivity index (χ0n) is 10.9. The van der Waals surface area contributed by atoms with Crippen LogP contribution in [0.5, 0.6) is 0 Å². The van der Waals surface area contributed by atoms with E-state index in [1.807, 2.05) is 0 Å². The van der Waals surface area contributed by atoms with Crippen molar-refractivity contribution < 1.29 is 0 Å². The summed E-state index contributed by atoms with van der Waals surface area (Å²) in [6, 6.07) is 6.30. The number of rotatable bonds is 3. The van der Waals surface area contributed by atoms with Crippen LogP contribution < -0.4 is 0 Å². The Bertz CT molecular complexity index is 573. The monoisotopic (exact) mass is 340 g/mol. The second-order valence-electron chi connectivity index (χ2n) is 5.41. The number of hydrogen-bond acceptors (Lipinski definition) is 1. The third-order valence-corrected chi connectivity index (χ3v) is 4.81. The van der Waals surface area contributed by atoms with Crippen molar-refractivity contribution in [2.75, 3.05) is 0 Å². The molecule has 1 aliphatic carbocycles. The van der Waals surface area contributed by atoms with Crippen LogP contribution in [0.1, 0.15) is 37.9 Å². The zero-order chi connectivity index (χ0) is 13.2. The predicted molar refractivity (Wildman–Crippen MR) is 83.6 cm³/mol. The maximum absolute atomic E-state index is 6.07. The Hall–Kier alpha value is -0.540. The van der Waals surface area contributed by atoms with Crippen molar-refractivity contribution in [1.82, 2.24) is 9.55 Å². The van der Waals surface area contributed by atoms with Gasteiger partial charge in [-0.3, -0.25) is 0 Å². The topological polar surface area (TPSA) is 17.8 Å². The number of alkyl halides is 1. The summed E-state index contributed by atoms with van der Waals surface area (Å²) in [5.41, 5.74) is 2.25. The van der Waals surface area contributed by atoms with E-state index >= 15 is 0 Å². The van der Waals surface area contributed by atoms with Crippen LogP contribution >= 0.6 is 27.5 Å². The lowest BCUT2D eigenvalue weighted by Gasteiger charge is -2.23. The summed E-state index contributed by atoms with van der Waals surface area (Å²) in [5.74, 6) is 2.27. The molecule has 4 heteroatoms. The Kier molecular flexibility index (Phi) is 4.13. The SMILES string of the molecule is ClCc1nc2cc(Br)ccc2n1CC1CCCCC1. The fourth-order valence-electron chi connectivity index (χ4n) is 3.09. The fraction of sp³-hybridized carbons (Fsp3) is 0.533. The second-order valence-corrected chi connectivity index (χ2v) is 6.59. The minimum atomic E-state index is 0.485. The lowest BCUT2D eigenvalue weighted by atomic mass is 9.89. The molecule has 0 unspecified atom stereocenters. The molecule has 0 amide bonds. The highest BCUT2D eigenvalue weighted by Crippen LogP contribution is 2.28. The van der Waals surface area contributed by atoms with Crippen molar-refractivity contribution in [2.45, 2.75) is 44.5 Å². The van der Waals surface area contributed by atoms with Gasteiger partial charge in [0.15, 0.2) is 0 Å². The average Bonchev–Trinajstić information content (AvgIpc) is 2.77. The maximum Gasteiger partial charge on any atom is 0.124 e. The number of benzene rings is 1. The molecule has 19 heavy (non-hydrogen) atoms. The molecule has 1 aromatic carbocycles. The standard InChI is InChI=1S/C15H18BrClN2/c16-12-6-7-14-13(8-12)18-15(9-17)19(14)10-11-4-2-1-3-5-11/h6-8,11H,1-5,9-10H2. The van der Waals surface area contributed by atoms with Crippen molar-refractivity contribution in [3.63, 3.8) is 0 Å². The minimum Gasteiger partial charge on any atom is -0.327 e. The lowest BCUT2D eigenvalue weighted by molar-refractivity contribution is 0.320. The van der Waals surface area contributed by atoms with Gasteiger partial charge in [-0.1, -0.05) is 35.2 Å². The number of halogens is 2. The molecule has 0 radical (unpaired) electrons. The fourth-order valence-corrected chi connectivity index (χ4v) is 3.64. The van der Waals surface area contributed by atoms with E-state index in [2.05, 4.69) is 43.7 Å². The van der Waals surface area contributed by atoms with Crippen molar-refractivity contribution in [2.24, 2.45) is 5.92 Å². The molecule has 1 heterocycles. The quantitative estimate of drug-likeness (QED) is 0.709. The van der Waals surface area contributed by atoms with Crippen LogP contribution in [0.4, 0.5) is 0 Å². The summed E-state index contributed by atoms with van der Waals surface area (Å²) in [5, 5.41) is 0. The molecule has 0 aliphatic heterocycles. The number of fused-ring (bicyclic) bond motifs is 1. The minimum absolute atomic E-state index is 0.485. The van der Waals surface area contributed by atoms with Gasteiger partial charge in [-0.2, -0.15) is 0 Å². The Balaban J connectivity index is 1.95. The van der Waals surface area contributed by atoms with Gasteiger partial charge in [-0.25, -0.2) is 4.98 Å². The normalized spacial score (nSPS) is 17.2. The van der Waals surface area contributed by atoms with Gasteiger partial charge in [-0.05, 0) is 37.0 Å². The molecule has 2 nitrogen and oxygen atoms in total. The highest BCUT2D eigenvalue weighted by atomic mass is 79.9. The van der Waals surface area contributed by atoms with Gasteiger partial charge in [0, 0.05) is 11.0 Å². The Labute approximate surface area is 127 Å². The molecule has 1 fully saturated rings. The van der Waals surface area contributed by atoms with Gasteiger partial charge < -0.3 is 4.57 Å². The van der Waals surface area contributed by atoms with E-state index in [-0.39, 0.29) is 0 Å². The molecule has 0 bridgehead atoms. The summed E-state index contributed by atoms with van der Waals surface area (Å²) >= 11 is 9.57. The van der Waals surface area contributed by atoms with Gasteiger partial charge in [0.1, 0.15) is 5.82 Å². The van der Waals surface area contributed by atoms with E-state index in [0.29, 0.717) is 5.88 Å². The number of nitrogens with zero attached hydrogens (tertiary/aromatic N) is 2. The predicted octanol–water partition coefficient (Wildman–Crippen LogP) is 5.12. The van der Waals surface area contributed by atoms with E-state index in [0.717, 1.165) is 28.3 Å². The zero-order valence-corrected chi connectivity index (χ0v) is 13.3. The highest BCUT2D eigenvalue weighted by molar-refractivity contribution is 9.10. The molecular weight excluding hydrogens is 324 g/mol. The molecule has 1 aliphatic rings. The third kappa shape index (κ3) is 2.82. The molecule has 1 aromatic heterocycles. The first kappa shape index (κ1) is 13.4. The summed E-state index contributed by atoms with van der Waals surface area (Å²) in [7, 11) is 0. The average molecular weight is 342 g/mol. The first-order valence-electron chi connectivity index (χ1n) is 6.98. The first-order valence-corrected chi connectivity index (χ1v) is 8.31.